The fourth-order valence-electron chi connectivity index (χ4n) is 3.96. The van der Waals surface area contributed by atoms with Crippen LogP contribution < -0.4 is 10.1 Å². The van der Waals surface area contributed by atoms with Crippen molar-refractivity contribution < 1.29 is 18.7 Å². The maximum Gasteiger partial charge on any atom is 0.289 e. The van der Waals surface area contributed by atoms with Gasteiger partial charge in [-0.1, -0.05) is 31.5 Å². The molecule has 2 amide bonds. The first-order valence-electron chi connectivity index (χ1n) is 11.4. The third-order valence-electron chi connectivity index (χ3n) is 5.97. The lowest BCUT2D eigenvalue weighted by Crippen LogP contribution is -2.41. The van der Waals surface area contributed by atoms with Crippen molar-refractivity contribution in [1.29, 1.82) is 0 Å². The van der Waals surface area contributed by atoms with E-state index in [9.17, 15) is 9.59 Å². The molecule has 0 unspecified atom stereocenters. The minimum Gasteiger partial charge on any atom is -0.494 e. The molecule has 0 spiro atoms. The molecule has 168 valence electrons. The van der Waals surface area contributed by atoms with Gasteiger partial charge in [0.05, 0.1) is 6.61 Å². The maximum absolute atomic E-state index is 12.8. The van der Waals surface area contributed by atoms with Crippen LogP contribution in [-0.2, 0) is 0 Å². The molecule has 1 aromatic heterocycles. The minimum atomic E-state index is -0.0779. The minimum absolute atomic E-state index is 0.0649. The first-order valence-corrected chi connectivity index (χ1v) is 11.4. The van der Waals surface area contributed by atoms with Crippen molar-refractivity contribution in [2.45, 2.75) is 32.6 Å². The Balaban J connectivity index is 1.22. The molecule has 1 saturated heterocycles. The van der Waals surface area contributed by atoms with Crippen LogP contribution in [0.5, 0.6) is 5.75 Å². The molecule has 0 saturated carbocycles. The number of hydrogen-bond donors (Lipinski definition) is 1. The van der Waals surface area contributed by atoms with E-state index in [4.69, 9.17) is 9.15 Å². The number of benzene rings is 2. The first-order chi connectivity index (χ1) is 15.6. The van der Waals surface area contributed by atoms with E-state index in [0.29, 0.717) is 43.5 Å². The highest BCUT2D eigenvalue weighted by atomic mass is 16.5. The summed E-state index contributed by atoms with van der Waals surface area (Å²) in [4.78, 5) is 27.1. The summed E-state index contributed by atoms with van der Waals surface area (Å²) >= 11 is 0. The van der Waals surface area contributed by atoms with Crippen molar-refractivity contribution in [2.75, 3.05) is 26.2 Å². The van der Waals surface area contributed by atoms with Crippen LogP contribution in [0, 0.1) is 5.92 Å². The van der Waals surface area contributed by atoms with Crippen LogP contribution in [0.25, 0.3) is 11.0 Å². The molecule has 6 heteroatoms. The van der Waals surface area contributed by atoms with E-state index in [1.165, 1.54) is 0 Å². The summed E-state index contributed by atoms with van der Waals surface area (Å²) in [7, 11) is 0. The Morgan fingerprint density at radius 1 is 1.09 bits per heavy atom. The van der Waals surface area contributed by atoms with Crippen LogP contribution in [0.2, 0.25) is 0 Å². The number of likely N-dealkylation sites (tertiary alicyclic amines) is 1. The first kappa shape index (κ1) is 21.9. The number of furan rings is 1. The number of nitrogens with zero attached hydrogens (tertiary/aromatic N) is 1. The Morgan fingerprint density at radius 3 is 2.56 bits per heavy atom. The van der Waals surface area contributed by atoms with Crippen LogP contribution in [-0.4, -0.2) is 43.0 Å². The molecule has 3 aromatic rings. The molecule has 6 nitrogen and oxygen atoms in total. The Bertz CT molecular complexity index is 1020. The monoisotopic (exact) mass is 434 g/mol. The van der Waals surface area contributed by atoms with Gasteiger partial charge in [0, 0.05) is 30.6 Å². The SMILES string of the molecule is CCCCOc1ccc(C(=O)NCC2CCN(C(=O)c3cc4ccccc4o3)CC2)cc1. The largest absolute Gasteiger partial charge is 0.494 e. The van der Waals surface area contributed by atoms with Crippen molar-refractivity contribution >= 4 is 22.8 Å². The molecule has 1 aliphatic rings. The lowest BCUT2D eigenvalue weighted by Gasteiger charge is -2.31. The van der Waals surface area contributed by atoms with Crippen molar-refractivity contribution in [1.82, 2.24) is 10.2 Å². The van der Waals surface area contributed by atoms with Gasteiger partial charge in [-0.2, -0.15) is 0 Å². The molecule has 0 atom stereocenters. The number of fused-ring (bicyclic) bond motifs is 1. The molecule has 32 heavy (non-hydrogen) atoms. The molecule has 1 N–H and O–H groups in total. The summed E-state index contributed by atoms with van der Waals surface area (Å²) in [5.41, 5.74) is 1.36. The summed E-state index contributed by atoms with van der Waals surface area (Å²) in [6.45, 7) is 4.76. The zero-order valence-electron chi connectivity index (χ0n) is 18.5. The number of nitrogens with one attached hydrogen (secondary N) is 1. The molecule has 0 aliphatic carbocycles. The smallest absolute Gasteiger partial charge is 0.289 e. The number of carbonyl (C=O) groups is 2. The van der Waals surface area contributed by atoms with Gasteiger partial charge in [-0.25, -0.2) is 0 Å². The van der Waals surface area contributed by atoms with Crippen molar-refractivity contribution in [3.8, 4) is 5.75 Å². The zero-order chi connectivity index (χ0) is 22.3. The van der Waals surface area contributed by atoms with Gasteiger partial charge in [0.25, 0.3) is 11.8 Å². The fourth-order valence-corrected chi connectivity index (χ4v) is 3.96. The Labute approximate surface area is 188 Å². The summed E-state index contributed by atoms with van der Waals surface area (Å²) in [5, 5.41) is 3.97. The second-order valence-corrected chi connectivity index (χ2v) is 8.32. The summed E-state index contributed by atoms with van der Waals surface area (Å²) in [6, 6.07) is 16.7. The highest BCUT2D eigenvalue weighted by Crippen LogP contribution is 2.23. The lowest BCUT2D eigenvalue weighted by molar-refractivity contribution is 0.0655. The summed E-state index contributed by atoms with van der Waals surface area (Å²) in [6.07, 6.45) is 3.82. The van der Waals surface area contributed by atoms with Crippen molar-refractivity contribution in [3.05, 3.63) is 65.9 Å². The third kappa shape index (κ3) is 5.31. The van der Waals surface area contributed by atoms with E-state index in [1.807, 2.05) is 47.4 Å². The van der Waals surface area contributed by atoms with E-state index >= 15 is 0 Å². The van der Waals surface area contributed by atoms with E-state index in [2.05, 4.69) is 12.2 Å². The molecule has 2 heterocycles. The number of para-hydroxylation sites is 1. The predicted molar refractivity (Wildman–Crippen MR) is 124 cm³/mol. The Morgan fingerprint density at radius 2 is 1.84 bits per heavy atom. The molecule has 2 aromatic carbocycles. The van der Waals surface area contributed by atoms with Crippen molar-refractivity contribution in [2.24, 2.45) is 5.92 Å². The predicted octanol–water partition coefficient (Wildman–Crippen LogP) is 4.89. The highest BCUT2D eigenvalue weighted by Gasteiger charge is 2.26. The lowest BCUT2D eigenvalue weighted by atomic mass is 9.96. The van der Waals surface area contributed by atoms with E-state index in [1.54, 1.807) is 12.1 Å². The summed E-state index contributed by atoms with van der Waals surface area (Å²) < 4.78 is 11.4. The number of rotatable bonds is 8. The number of carbonyl (C=O) groups excluding carboxylic acids is 2. The Hall–Kier alpha value is -3.28. The van der Waals surface area contributed by atoms with Gasteiger partial charge in [0.2, 0.25) is 0 Å². The van der Waals surface area contributed by atoms with Gasteiger partial charge in [-0.15, -0.1) is 0 Å². The molecule has 1 aliphatic heterocycles. The van der Waals surface area contributed by atoms with Gasteiger partial charge in [-0.05, 0) is 61.6 Å². The number of piperidine rings is 1. The second kappa shape index (κ2) is 10.4. The molecular formula is C26H30N2O4. The van der Waals surface area contributed by atoms with Crippen LogP contribution in [0.4, 0.5) is 0 Å². The number of unbranched alkanes of at least 4 members (excludes halogenated alkanes) is 1. The van der Waals surface area contributed by atoms with Crippen LogP contribution in [0.15, 0.2) is 59.0 Å². The fraction of sp³-hybridized carbons (Fsp3) is 0.385. The Kier molecular flexibility index (Phi) is 7.10. The molecule has 1 fully saturated rings. The van der Waals surface area contributed by atoms with Gasteiger partial charge in [0.15, 0.2) is 5.76 Å². The zero-order valence-corrected chi connectivity index (χ0v) is 18.5. The van der Waals surface area contributed by atoms with E-state index in [0.717, 1.165) is 42.4 Å². The van der Waals surface area contributed by atoms with E-state index < -0.39 is 0 Å². The quantitative estimate of drug-likeness (QED) is 0.512. The van der Waals surface area contributed by atoms with Gasteiger partial charge < -0.3 is 19.4 Å². The molecule has 0 bridgehead atoms. The summed E-state index contributed by atoms with van der Waals surface area (Å²) in [5.74, 6) is 1.39. The van der Waals surface area contributed by atoms with E-state index in [-0.39, 0.29) is 11.8 Å². The van der Waals surface area contributed by atoms with Crippen LogP contribution >= 0.6 is 0 Å². The average Bonchev–Trinajstić information content (AvgIpc) is 3.27. The molecular weight excluding hydrogens is 404 g/mol. The van der Waals surface area contributed by atoms with Crippen LogP contribution in [0.3, 0.4) is 0 Å². The number of hydrogen-bond acceptors (Lipinski definition) is 4. The molecule has 4 rings (SSSR count). The average molecular weight is 435 g/mol. The van der Waals surface area contributed by atoms with Crippen LogP contribution in [0.1, 0.15) is 53.5 Å². The van der Waals surface area contributed by atoms with Gasteiger partial charge in [-0.3, -0.25) is 9.59 Å². The second-order valence-electron chi connectivity index (χ2n) is 8.32. The number of amides is 2. The highest BCUT2D eigenvalue weighted by molar-refractivity contribution is 5.96. The topological polar surface area (TPSA) is 71.8 Å². The number of ether oxygens (including phenoxy) is 1. The van der Waals surface area contributed by atoms with Gasteiger partial charge in [0.1, 0.15) is 11.3 Å². The van der Waals surface area contributed by atoms with Gasteiger partial charge >= 0.3 is 0 Å². The molecule has 0 radical (unpaired) electrons. The standard InChI is InChI=1S/C26H30N2O4/c1-2-3-16-31-22-10-8-20(9-11-22)25(29)27-18-19-12-14-28(15-13-19)26(30)24-17-21-6-4-5-7-23(21)32-24/h4-11,17,19H,2-3,12-16,18H2,1H3,(H,27,29). The maximum atomic E-state index is 12.8. The van der Waals surface area contributed by atoms with Crippen molar-refractivity contribution in [3.63, 3.8) is 0 Å². The third-order valence-corrected chi connectivity index (χ3v) is 5.97. The normalized spacial score (nSPS) is 14.5.